The second kappa shape index (κ2) is 6.35. The maximum absolute atomic E-state index is 12.6. The number of aryl methyl sites for hydroxylation is 2. The van der Waals surface area contributed by atoms with Crippen LogP contribution in [0.25, 0.3) is 5.65 Å². The summed E-state index contributed by atoms with van der Waals surface area (Å²) in [6, 6.07) is 5.23. The molecule has 0 saturated carbocycles. The minimum absolute atomic E-state index is 0.341. The SMILES string of the molecule is COC(=O)c1cc(NC(=O)c2cnn3ccc(C)nc23)cc(C)c1C. The molecule has 0 unspecified atom stereocenters. The molecule has 25 heavy (non-hydrogen) atoms. The number of methoxy groups -OCH3 is 1. The third-order valence-corrected chi connectivity index (χ3v) is 4.08. The molecule has 0 fully saturated rings. The van der Waals surface area contributed by atoms with Crippen LogP contribution in [0.3, 0.4) is 0 Å². The zero-order valence-corrected chi connectivity index (χ0v) is 14.5. The summed E-state index contributed by atoms with van der Waals surface area (Å²) in [7, 11) is 1.33. The van der Waals surface area contributed by atoms with E-state index in [2.05, 4.69) is 15.4 Å². The molecule has 1 amide bonds. The van der Waals surface area contributed by atoms with E-state index in [1.54, 1.807) is 16.8 Å². The standard InChI is InChI=1S/C18H18N4O3/c1-10-7-13(8-14(12(10)3)18(24)25-4)21-17(23)15-9-19-22-6-5-11(2)20-16(15)22/h5-9H,1-4H3,(H,21,23). The van der Waals surface area contributed by atoms with Gasteiger partial charge in [0.05, 0.1) is 18.9 Å². The number of anilines is 1. The highest BCUT2D eigenvalue weighted by Crippen LogP contribution is 2.22. The smallest absolute Gasteiger partial charge is 0.338 e. The second-order valence-electron chi connectivity index (χ2n) is 5.81. The Kier molecular flexibility index (Phi) is 4.22. The van der Waals surface area contributed by atoms with Gasteiger partial charge in [0.1, 0.15) is 5.56 Å². The van der Waals surface area contributed by atoms with E-state index >= 15 is 0 Å². The van der Waals surface area contributed by atoms with Gasteiger partial charge in [0.2, 0.25) is 0 Å². The Balaban J connectivity index is 1.96. The quantitative estimate of drug-likeness (QED) is 0.742. The lowest BCUT2D eigenvalue weighted by Gasteiger charge is -2.11. The average Bonchev–Trinajstić information content (AvgIpc) is 3.00. The fourth-order valence-electron chi connectivity index (χ4n) is 2.57. The van der Waals surface area contributed by atoms with Crippen LogP contribution in [0, 0.1) is 20.8 Å². The highest BCUT2D eigenvalue weighted by Gasteiger charge is 2.17. The third kappa shape index (κ3) is 3.08. The van der Waals surface area contributed by atoms with Crippen molar-refractivity contribution >= 4 is 23.2 Å². The summed E-state index contributed by atoms with van der Waals surface area (Å²) < 4.78 is 6.34. The molecule has 0 atom stereocenters. The van der Waals surface area contributed by atoms with Gasteiger partial charge in [-0.25, -0.2) is 14.3 Å². The number of aromatic nitrogens is 3. The lowest BCUT2D eigenvalue weighted by molar-refractivity contribution is 0.0599. The molecule has 3 rings (SSSR count). The van der Waals surface area contributed by atoms with Crippen LogP contribution in [0.5, 0.6) is 0 Å². The number of amides is 1. The molecule has 1 N–H and O–H groups in total. The number of nitrogens with zero attached hydrogens (tertiary/aromatic N) is 3. The number of hydrogen-bond donors (Lipinski definition) is 1. The predicted molar refractivity (Wildman–Crippen MR) is 92.9 cm³/mol. The fraction of sp³-hybridized carbons (Fsp3) is 0.222. The van der Waals surface area contributed by atoms with Gasteiger partial charge in [-0.1, -0.05) is 0 Å². The van der Waals surface area contributed by atoms with Gasteiger partial charge in [0.25, 0.3) is 5.91 Å². The van der Waals surface area contributed by atoms with Gasteiger partial charge in [0, 0.05) is 17.6 Å². The van der Waals surface area contributed by atoms with Crippen LogP contribution < -0.4 is 5.32 Å². The molecule has 0 radical (unpaired) electrons. The first-order valence-electron chi connectivity index (χ1n) is 7.72. The molecule has 0 aliphatic rings. The van der Waals surface area contributed by atoms with E-state index in [4.69, 9.17) is 4.74 Å². The normalized spacial score (nSPS) is 10.7. The lowest BCUT2D eigenvalue weighted by atomic mass is 10.0. The molecule has 0 aliphatic heterocycles. The Bertz CT molecular complexity index is 991. The predicted octanol–water partition coefficient (Wildman–Crippen LogP) is 2.69. The Labute approximate surface area is 144 Å². The van der Waals surface area contributed by atoms with E-state index in [1.807, 2.05) is 32.9 Å². The number of benzene rings is 1. The van der Waals surface area contributed by atoms with Crippen molar-refractivity contribution in [2.75, 3.05) is 12.4 Å². The van der Waals surface area contributed by atoms with E-state index in [-0.39, 0.29) is 5.91 Å². The summed E-state index contributed by atoms with van der Waals surface area (Å²) in [5.41, 5.74) is 4.27. The molecule has 7 heteroatoms. The maximum Gasteiger partial charge on any atom is 0.338 e. The molecule has 3 aromatic rings. The first kappa shape index (κ1) is 16.6. The number of fused-ring (bicyclic) bond motifs is 1. The van der Waals surface area contributed by atoms with Crippen molar-refractivity contribution in [1.82, 2.24) is 14.6 Å². The zero-order valence-electron chi connectivity index (χ0n) is 14.5. The van der Waals surface area contributed by atoms with Crippen LogP contribution in [-0.2, 0) is 4.74 Å². The van der Waals surface area contributed by atoms with Crippen LogP contribution in [0.15, 0.2) is 30.6 Å². The van der Waals surface area contributed by atoms with Gasteiger partial charge in [-0.15, -0.1) is 0 Å². The number of carbonyl (C=O) groups excluding carboxylic acids is 2. The molecule has 1 aromatic carbocycles. The zero-order chi connectivity index (χ0) is 18.1. The van der Waals surface area contributed by atoms with E-state index in [9.17, 15) is 9.59 Å². The second-order valence-corrected chi connectivity index (χ2v) is 5.81. The summed E-state index contributed by atoms with van der Waals surface area (Å²) in [5, 5.41) is 6.94. The van der Waals surface area contributed by atoms with Crippen molar-refractivity contribution in [1.29, 1.82) is 0 Å². The molecule has 0 saturated heterocycles. The summed E-state index contributed by atoms with van der Waals surface area (Å²) in [5.74, 6) is -0.780. The van der Waals surface area contributed by atoms with Crippen LogP contribution in [0.1, 0.15) is 37.5 Å². The van der Waals surface area contributed by atoms with Gasteiger partial charge >= 0.3 is 5.97 Å². The maximum atomic E-state index is 12.6. The Morgan fingerprint density at radius 3 is 2.64 bits per heavy atom. The van der Waals surface area contributed by atoms with Crippen molar-refractivity contribution < 1.29 is 14.3 Å². The van der Waals surface area contributed by atoms with Gasteiger partial charge in [-0.05, 0) is 50.1 Å². The van der Waals surface area contributed by atoms with Crippen molar-refractivity contribution in [3.8, 4) is 0 Å². The van der Waals surface area contributed by atoms with Gasteiger partial charge < -0.3 is 10.1 Å². The Morgan fingerprint density at radius 1 is 1.16 bits per heavy atom. The number of carbonyl (C=O) groups is 2. The molecule has 128 valence electrons. The first-order valence-corrected chi connectivity index (χ1v) is 7.72. The monoisotopic (exact) mass is 338 g/mol. The van der Waals surface area contributed by atoms with E-state index in [0.717, 1.165) is 16.8 Å². The number of nitrogens with one attached hydrogen (secondary N) is 1. The number of hydrogen-bond acceptors (Lipinski definition) is 5. The van der Waals surface area contributed by atoms with Gasteiger partial charge in [0.15, 0.2) is 5.65 Å². The molecule has 0 spiro atoms. The van der Waals surface area contributed by atoms with Crippen LogP contribution in [-0.4, -0.2) is 33.6 Å². The molecule has 7 nitrogen and oxygen atoms in total. The Morgan fingerprint density at radius 2 is 1.92 bits per heavy atom. The molecule has 2 aromatic heterocycles. The number of esters is 1. The van der Waals surface area contributed by atoms with E-state index < -0.39 is 5.97 Å². The van der Waals surface area contributed by atoms with Crippen molar-refractivity contribution in [2.24, 2.45) is 0 Å². The Hall–Kier alpha value is -3.22. The van der Waals surface area contributed by atoms with E-state index in [1.165, 1.54) is 13.3 Å². The lowest BCUT2D eigenvalue weighted by Crippen LogP contribution is -2.14. The summed E-state index contributed by atoms with van der Waals surface area (Å²) in [6.07, 6.45) is 3.22. The molecule has 0 bridgehead atoms. The van der Waals surface area contributed by atoms with Crippen molar-refractivity contribution in [3.05, 3.63) is 58.5 Å². The number of rotatable bonds is 3. The van der Waals surface area contributed by atoms with E-state index in [0.29, 0.717) is 22.5 Å². The summed E-state index contributed by atoms with van der Waals surface area (Å²) >= 11 is 0. The largest absolute Gasteiger partial charge is 0.465 e. The average molecular weight is 338 g/mol. The molecular formula is C18H18N4O3. The fourth-order valence-corrected chi connectivity index (χ4v) is 2.57. The van der Waals surface area contributed by atoms with Crippen LogP contribution >= 0.6 is 0 Å². The van der Waals surface area contributed by atoms with Crippen molar-refractivity contribution in [2.45, 2.75) is 20.8 Å². The molecule has 0 aliphatic carbocycles. The summed E-state index contributed by atoms with van der Waals surface area (Å²) in [6.45, 7) is 5.56. The van der Waals surface area contributed by atoms with Gasteiger partial charge in [-0.3, -0.25) is 4.79 Å². The minimum Gasteiger partial charge on any atom is -0.465 e. The highest BCUT2D eigenvalue weighted by molar-refractivity contribution is 6.08. The molecular weight excluding hydrogens is 320 g/mol. The highest BCUT2D eigenvalue weighted by atomic mass is 16.5. The third-order valence-electron chi connectivity index (χ3n) is 4.08. The first-order chi connectivity index (χ1) is 11.9. The molecule has 2 heterocycles. The minimum atomic E-state index is -0.440. The van der Waals surface area contributed by atoms with Gasteiger partial charge in [-0.2, -0.15) is 5.10 Å². The summed E-state index contributed by atoms with van der Waals surface area (Å²) in [4.78, 5) is 28.9. The van der Waals surface area contributed by atoms with Crippen molar-refractivity contribution in [3.63, 3.8) is 0 Å². The topological polar surface area (TPSA) is 85.6 Å². The number of ether oxygens (including phenoxy) is 1. The van der Waals surface area contributed by atoms with Crippen LogP contribution in [0.4, 0.5) is 5.69 Å². The van der Waals surface area contributed by atoms with Crippen LogP contribution in [0.2, 0.25) is 0 Å².